The van der Waals surface area contributed by atoms with E-state index in [0.717, 1.165) is 55.7 Å². The molecule has 2 aromatic heterocycles. The van der Waals surface area contributed by atoms with Crippen molar-refractivity contribution in [3.05, 3.63) is 58.4 Å². The van der Waals surface area contributed by atoms with Crippen molar-refractivity contribution in [2.75, 3.05) is 19.6 Å². The van der Waals surface area contributed by atoms with Crippen LogP contribution >= 0.6 is 0 Å². The molecule has 0 spiro atoms. The van der Waals surface area contributed by atoms with Crippen molar-refractivity contribution in [2.45, 2.75) is 66.0 Å². The summed E-state index contributed by atoms with van der Waals surface area (Å²) in [6, 6.07) is 8.98. The Morgan fingerprint density at radius 1 is 1.19 bits per heavy atom. The lowest BCUT2D eigenvalue weighted by Crippen LogP contribution is -2.33. The second-order valence-electron chi connectivity index (χ2n) is 9.22. The largest absolute Gasteiger partial charge is 0.356 e. The number of aromatic nitrogens is 3. The second kappa shape index (κ2) is 9.82. The van der Waals surface area contributed by atoms with Gasteiger partial charge in [0, 0.05) is 49.7 Å². The van der Waals surface area contributed by atoms with E-state index in [-0.39, 0.29) is 11.9 Å². The summed E-state index contributed by atoms with van der Waals surface area (Å²) in [6.07, 6.45) is 5.20. The van der Waals surface area contributed by atoms with Crippen LogP contribution in [-0.2, 0) is 24.2 Å². The third-order valence-corrected chi connectivity index (χ3v) is 6.61. The topological polar surface area (TPSA) is 63.1 Å². The lowest BCUT2D eigenvalue weighted by molar-refractivity contribution is -0.121. The van der Waals surface area contributed by atoms with Gasteiger partial charge in [0.2, 0.25) is 5.91 Å². The summed E-state index contributed by atoms with van der Waals surface area (Å²) in [6.45, 7) is 12.3. The highest BCUT2D eigenvalue weighted by Crippen LogP contribution is 2.25. The van der Waals surface area contributed by atoms with Crippen LogP contribution in [0.15, 0.2) is 30.5 Å². The molecule has 32 heavy (non-hydrogen) atoms. The van der Waals surface area contributed by atoms with E-state index >= 15 is 0 Å². The molecule has 170 valence electrons. The van der Waals surface area contributed by atoms with Crippen LogP contribution in [0.5, 0.6) is 0 Å². The van der Waals surface area contributed by atoms with Gasteiger partial charge in [-0.15, -0.1) is 0 Å². The summed E-state index contributed by atoms with van der Waals surface area (Å²) < 4.78 is 1.97. The fraction of sp³-hybridized carbons (Fsp3) is 0.500. The van der Waals surface area contributed by atoms with Gasteiger partial charge in [-0.25, -0.2) is 9.67 Å². The summed E-state index contributed by atoms with van der Waals surface area (Å²) in [7, 11) is 0. The van der Waals surface area contributed by atoms with E-state index in [1.54, 1.807) is 0 Å². The summed E-state index contributed by atoms with van der Waals surface area (Å²) in [5.41, 5.74) is 7.21. The van der Waals surface area contributed by atoms with E-state index in [9.17, 15) is 4.79 Å². The molecule has 0 fully saturated rings. The molecule has 0 atom stereocenters. The molecule has 6 heteroatoms. The van der Waals surface area contributed by atoms with Crippen molar-refractivity contribution >= 4 is 16.9 Å². The molecule has 3 aromatic rings. The number of rotatable bonds is 8. The zero-order valence-electron chi connectivity index (χ0n) is 19.8. The normalized spacial score (nSPS) is 14.2. The number of pyridine rings is 1. The highest BCUT2D eigenvalue weighted by molar-refractivity contribution is 5.81. The molecule has 1 aromatic carbocycles. The molecule has 0 saturated heterocycles. The second-order valence-corrected chi connectivity index (χ2v) is 9.22. The number of carbonyl (C=O) groups is 1. The van der Waals surface area contributed by atoms with E-state index < -0.39 is 0 Å². The molecule has 0 unspecified atom stereocenters. The highest BCUT2D eigenvalue weighted by Gasteiger charge is 2.17. The minimum atomic E-state index is 0.116. The smallest absolute Gasteiger partial charge is 0.220 e. The van der Waals surface area contributed by atoms with Gasteiger partial charge in [-0.3, -0.25) is 9.69 Å². The Hall–Kier alpha value is -2.73. The molecule has 1 amide bonds. The molecule has 1 aliphatic heterocycles. The number of nitrogens with zero attached hydrogens (tertiary/aromatic N) is 4. The lowest BCUT2D eigenvalue weighted by atomic mass is 10.00. The van der Waals surface area contributed by atoms with Gasteiger partial charge in [0.05, 0.1) is 6.20 Å². The number of amides is 1. The first-order valence-corrected chi connectivity index (χ1v) is 11.8. The van der Waals surface area contributed by atoms with E-state index in [0.29, 0.717) is 12.8 Å². The first-order chi connectivity index (χ1) is 15.4. The van der Waals surface area contributed by atoms with Gasteiger partial charge in [-0.2, -0.15) is 5.10 Å². The Morgan fingerprint density at radius 3 is 2.75 bits per heavy atom. The Bertz CT molecular complexity index is 1100. The van der Waals surface area contributed by atoms with Gasteiger partial charge >= 0.3 is 0 Å². The molecule has 1 N–H and O–H groups in total. The lowest BCUT2D eigenvalue weighted by Gasteiger charge is -2.28. The van der Waals surface area contributed by atoms with Crippen LogP contribution in [0.2, 0.25) is 0 Å². The third-order valence-electron chi connectivity index (χ3n) is 6.61. The monoisotopic (exact) mass is 433 g/mol. The van der Waals surface area contributed by atoms with Crippen LogP contribution < -0.4 is 5.32 Å². The van der Waals surface area contributed by atoms with Crippen molar-refractivity contribution in [2.24, 2.45) is 0 Å². The number of hydrogen-bond acceptors (Lipinski definition) is 4. The van der Waals surface area contributed by atoms with Crippen LogP contribution in [0.1, 0.15) is 60.7 Å². The summed E-state index contributed by atoms with van der Waals surface area (Å²) in [5.74, 6) is 0.116. The summed E-state index contributed by atoms with van der Waals surface area (Å²) >= 11 is 0. The Kier molecular flexibility index (Phi) is 6.89. The Morgan fingerprint density at radius 2 is 1.97 bits per heavy atom. The molecule has 6 nitrogen and oxygen atoms in total. The van der Waals surface area contributed by atoms with Crippen molar-refractivity contribution in [3.8, 4) is 0 Å². The maximum Gasteiger partial charge on any atom is 0.220 e. The number of fused-ring (bicyclic) bond motifs is 2. The zero-order valence-corrected chi connectivity index (χ0v) is 19.8. The van der Waals surface area contributed by atoms with E-state index in [1.165, 1.54) is 22.3 Å². The van der Waals surface area contributed by atoms with Gasteiger partial charge in [0.25, 0.3) is 0 Å². The molecule has 0 bridgehead atoms. The van der Waals surface area contributed by atoms with Crippen molar-refractivity contribution in [3.63, 3.8) is 0 Å². The first-order valence-electron chi connectivity index (χ1n) is 11.8. The first kappa shape index (κ1) is 22.5. The molecule has 4 rings (SSSR count). The molecule has 0 radical (unpaired) electrons. The SMILES string of the molecule is Cc1nc2c(cnn2C(C)C)c(C)c1CCC(=O)NCCCN1CCc2ccccc2C1. The van der Waals surface area contributed by atoms with Crippen molar-refractivity contribution in [1.82, 2.24) is 25.0 Å². The van der Waals surface area contributed by atoms with Crippen LogP contribution in [0.3, 0.4) is 0 Å². The van der Waals surface area contributed by atoms with Crippen LogP contribution in [0.25, 0.3) is 11.0 Å². The minimum absolute atomic E-state index is 0.116. The van der Waals surface area contributed by atoms with E-state index in [4.69, 9.17) is 4.98 Å². The van der Waals surface area contributed by atoms with E-state index in [2.05, 4.69) is 60.4 Å². The number of aryl methyl sites for hydroxylation is 2. The maximum atomic E-state index is 12.4. The molecule has 0 saturated carbocycles. The number of benzene rings is 1. The van der Waals surface area contributed by atoms with Gasteiger partial charge < -0.3 is 5.32 Å². The summed E-state index contributed by atoms with van der Waals surface area (Å²) in [5, 5.41) is 8.70. The van der Waals surface area contributed by atoms with Crippen LogP contribution in [0.4, 0.5) is 0 Å². The van der Waals surface area contributed by atoms with E-state index in [1.807, 2.05) is 17.8 Å². The Balaban J connectivity index is 1.24. The van der Waals surface area contributed by atoms with Gasteiger partial charge in [0.15, 0.2) is 5.65 Å². The fourth-order valence-electron chi connectivity index (χ4n) is 4.74. The predicted molar refractivity (Wildman–Crippen MR) is 129 cm³/mol. The Labute approximate surface area is 191 Å². The maximum absolute atomic E-state index is 12.4. The van der Waals surface area contributed by atoms with Crippen LogP contribution in [-0.4, -0.2) is 45.2 Å². The van der Waals surface area contributed by atoms with Gasteiger partial charge in [-0.05, 0) is 69.2 Å². The molecule has 0 aliphatic carbocycles. The highest BCUT2D eigenvalue weighted by atomic mass is 16.1. The number of carbonyl (C=O) groups excluding carboxylic acids is 1. The standard InChI is InChI=1S/C26H35N5O/c1-18(2)31-26-24(16-28-31)19(3)23(20(4)29-26)10-11-25(32)27-13-7-14-30-15-12-21-8-5-6-9-22(21)17-30/h5-6,8-9,16,18H,7,10-15,17H2,1-4H3,(H,27,32). The average molecular weight is 434 g/mol. The number of nitrogens with one attached hydrogen (secondary N) is 1. The minimum Gasteiger partial charge on any atom is -0.356 e. The number of hydrogen-bond donors (Lipinski definition) is 1. The van der Waals surface area contributed by atoms with Crippen LogP contribution in [0, 0.1) is 13.8 Å². The summed E-state index contributed by atoms with van der Waals surface area (Å²) in [4.78, 5) is 19.7. The predicted octanol–water partition coefficient (Wildman–Crippen LogP) is 4.13. The van der Waals surface area contributed by atoms with Crippen molar-refractivity contribution in [1.29, 1.82) is 0 Å². The van der Waals surface area contributed by atoms with Gasteiger partial charge in [-0.1, -0.05) is 24.3 Å². The molecular formula is C26H35N5O. The zero-order chi connectivity index (χ0) is 22.7. The molecule has 1 aliphatic rings. The molecule has 3 heterocycles. The third kappa shape index (κ3) is 4.85. The molecular weight excluding hydrogens is 398 g/mol. The van der Waals surface area contributed by atoms with Gasteiger partial charge in [0.1, 0.15) is 0 Å². The van der Waals surface area contributed by atoms with Crippen molar-refractivity contribution < 1.29 is 4.79 Å². The fourth-order valence-corrected chi connectivity index (χ4v) is 4.74. The average Bonchev–Trinajstić information content (AvgIpc) is 3.20. The quantitative estimate of drug-likeness (QED) is 0.543.